The molecule has 1 atom stereocenters. The zero-order valence-electron chi connectivity index (χ0n) is 23.1. The van der Waals surface area contributed by atoms with Gasteiger partial charge in [-0.3, -0.25) is 4.79 Å². The molecule has 0 saturated carbocycles. The zero-order valence-corrected chi connectivity index (χ0v) is 25.5. The minimum atomic E-state index is -3.86. The third-order valence-electron chi connectivity index (χ3n) is 7.39. The number of hydrogen-bond donors (Lipinski definition) is 3. The van der Waals surface area contributed by atoms with Gasteiger partial charge in [-0.2, -0.15) is 4.31 Å². The molecule has 0 amide bonds. The molecule has 3 aromatic rings. The number of carboxylic acids is 1. The molecule has 1 aliphatic rings. The molecule has 4 rings (SSSR count). The maximum atomic E-state index is 13.3. The van der Waals surface area contributed by atoms with Crippen molar-refractivity contribution in [2.24, 2.45) is 5.92 Å². The van der Waals surface area contributed by atoms with Crippen LogP contribution >= 0.6 is 22.9 Å². The van der Waals surface area contributed by atoms with Gasteiger partial charge in [0.2, 0.25) is 0 Å². The van der Waals surface area contributed by atoms with Gasteiger partial charge in [0.1, 0.15) is 4.21 Å². The van der Waals surface area contributed by atoms with E-state index in [1.807, 2.05) is 24.3 Å². The number of fused-ring (bicyclic) bond motifs is 1. The van der Waals surface area contributed by atoms with Crippen molar-refractivity contribution in [2.45, 2.75) is 61.8 Å². The van der Waals surface area contributed by atoms with E-state index in [0.29, 0.717) is 22.2 Å². The van der Waals surface area contributed by atoms with E-state index in [0.717, 1.165) is 41.7 Å². The van der Waals surface area contributed by atoms with Crippen LogP contribution in [0.15, 0.2) is 58.8 Å². The van der Waals surface area contributed by atoms with E-state index in [2.05, 4.69) is 43.4 Å². The lowest BCUT2D eigenvalue weighted by atomic mass is 9.88. The van der Waals surface area contributed by atoms with Gasteiger partial charge in [-0.15, -0.1) is 11.3 Å². The van der Waals surface area contributed by atoms with Crippen LogP contribution in [0.3, 0.4) is 0 Å². The van der Waals surface area contributed by atoms with Crippen molar-refractivity contribution in [3.8, 4) is 10.4 Å². The molecule has 1 aliphatic carbocycles. The molecular weight excluding hydrogens is 568 g/mol. The Bertz CT molecular complexity index is 1410. The highest BCUT2D eigenvalue weighted by Gasteiger charge is 2.30. The second kappa shape index (κ2) is 12.7. The molecule has 0 spiro atoms. The molecule has 3 N–H and O–H groups in total. The van der Waals surface area contributed by atoms with Gasteiger partial charge < -0.3 is 15.5 Å². The van der Waals surface area contributed by atoms with E-state index in [1.54, 1.807) is 0 Å². The van der Waals surface area contributed by atoms with Gasteiger partial charge >= 0.3 is 5.97 Å². The Balaban J connectivity index is 1.32. The number of carboxylic acid groups (broad SMARTS) is 1. The third kappa shape index (κ3) is 7.72. The Morgan fingerprint density at radius 3 is 2.38 bits per heavy atom. The third-order valence-corrected chi connectivity index (χ3v) is 11.3. The molecule has 2 aromatic carbocycles. The highest BCUT2D eigenvalue weighted by Crippen LogP contribution is 2.39. The lowest BCUT2D eigenvalue weighted by molar-refractivity contribution is -0.136. The fraction of sp³-hybridized carbons (Fsp3) is 0.433. The van der Waals surface area contributed by atoms with Crippen LogP contribution in [0.2, 0.25) is 5.02 Å². The second-order valence-electron chi connectivity index (χ2n) is 11.3. The van der Waals surface area contributed by atoms with Gasteiger partial charge in [0.25, 0.3) is 10.0 Å². The lowest BCUT2D eigenvalue weighted by Crippen LogP contribution is -2.47. The molecule has 0 aliphatic heterocycles. The first-order valence-corrected chi connectivity index (χ1v) is 16.0. The summed E-state index contributed by atoms with van der Waals surface area (Å²) in [5.74, 6) is -0.317. The average molecular weight is 605 g/mol. The smallest absolute Gasteiger partial charge is 0.303 e. The normalized spacial score (nSPS) is 14.9. The Hall–Kier alpha value is -2.27. The number of nitrogens with zero attached hydrogens (tertiary/aromatic N) is 1. The summed E-state index contributed by atoms with van der Waals surface area (Å²) in [7, 11) is -2.40. The van der Waals surface area contributed by atoms with Crippen molar-refractivity contribution in [1.29, 1.82) is 0 Å². The number of aliphatic carboxylic acids is 1. The number of aryl methyl sites for hydroxylation is 1. The molecule has 0 fully saturated rings. The molecule has 7 nitrogen and oxygen atoms in total. The number of hydrogen-bond acceptors (Lipinski definition) is 6. The van der Waals surface area contributed by atoms with E-state index in [9.17, 15) is 18.3 Å². The van der Waals surface area contributed by atoms with Gasteiger partial charge in [-0.1, -0.05) is 60.1 Å². The number of benzene rings is 2. The summed E-state index contributed by atoms with van der Waals surface area (Å²) in [5.41, 5.74) is 4.27. The number of sulfonamides is 1. The largest absolute Gasteiger partial charge is 0.481 e. The summed E-state index contributed by atoms with van der Waals surface area (Å²) in [4.78, 5) is 11.4. The number of nitrogens with one attached hydrogen (secondary N) is 1. The van der Waals surface area contributed by atoms with Crippen molar-refractivity contribution in [3.63, 3.8) is 0 Å². The Labute approximate surface area is 245 Å². The van der Waals surface area contributed by atoms with Gasteiger partial charge in [-0.05, 0) is 73.8 Å². The number of rotatable bonds is 13. The molecule has 0 saturated heterocycles. The first-order valence-electron chi connectivity index (χ1n) is 13.4. The van der Waals surface area contributed by atoms with Gasteiger partial charge in [0.15, 0.2) is 0 Å². The molecule has 0 unspecified atom stereocenters. The van der Waals surface area contributed by atoms with Crippen molar-refractivity contribution in [2.75, 3.05) is 20.1 Å². The van der Waals surface area contributed by atoms with Gasteiger partial charge in [0.05, 0.1) is 16.0 Å². The minimum Gasteiger partial charge on any atom is -0.481 e. The predicted molar refractivity (Wildman–Crippen MR) is 161 cm³/mol. The highest BCUT2D eigenvalue weighted by molar-refractivity contribution is 7.91. The number of halogens is 1. The summed E-state index contributed by atoms with van der Waals surface area (Å²) in [6.45, 7) is 4.47. The van der Waals surface area contributed by atoms with Crippen LogP contribution in [0.4, 0.5) is 0 Å². The molecular formula is C30H37ClN2O5S2. The molecule has 0 bridgehead atoms. The number of aliphatic hydroxyl groups is 1. The van der Waals surface area contributed by atoms with Crippen molar-refractivity contribution >= 4 is 38.9 Å². The number of carbonyl (C=O) groups is 1. The maximum Gasteiger partial charge on any atom is 0.303 e. The zero-order chi connectivity index (χ0) is 29.1. The lowest BCUT2D eigenvalue weighted by Gasteiger charge is -2.31. The van der Waals surface area contributed by atoms with Crippen molar-refractivity contribution < 1.29 is 23.4 Å². The fourth-order valence-electron chi connectivity index (χ4n) is 5.34. The van der Waals surface area contributed by atoms with Gasteiger partial charge in [0, 0.05) is 32.1 Å². The molecule has 0 radical (unpaired) electrons. The topological polar surface area (TPSA) is 107 Å². The van der Waals surface area contributed by atoms with Crippen LogP contribution < -0.4 is 5.32 Å². The van der Waals surface area contributed by atoms with E-state index in [-0.39, 0.29) is 29.3 Å². The summed E-state index contributed by atoms with van der Waals surface area (Å²) in [6, 6.07) is 17.3. The van der Waals surface area contributed by atoms with E-state index >= 15 is 0 Å². The van der Waals surface area contributed by atoms with Crippen LogP contribution in [0.1, 0.15) is 43.4 Å². The van der Waals surface area contributed by atoms with Crippen LogP contribution in [-0.4, -0.2) is 60.7 Å². The van der Waals surface area contributed by atoms with Crippen molar-refractivity contribution in [3.05, 3.63) is 76.3 Å². The van der Waals surface area contributed by atoms with E-state index in [1.165, 1.54) is 28.5 Å². The van der Waals surface area contributed by atoms with Crippen LogP contribution in [0, 0.1) is 5.92 Å². The quantitative estimate of drug-likeness (QED) is 0.246. The SMILES string of the molecule is CN(C[C@H](O)CNC(C)(C)CC1Cc2ccccc2C1)S(=O)(=O)c1cc(Cl)c(-c2ccc(CCC(=O)O)cc2)s1. The Morgan fingerprint density at radius 2 is 1.77 bits per heavy atom. The fourth-order valence-corrected chi connectivity index (χ4v) is 8.59. The average Bonchev–Trinajstić information content (AvgIpc) is 3.49. The molecule has 1 aromatic heterocycles. The standard InChI is InChI=1S/C30H37ClN2O5S2/c1-30(2,17-21-14-23-6-4-5-7-24(23)15-21)32-18-25(34)19-33(3)40(37,38)28-16-26(31)29(39-28)22-11-8-20(9-12-22)10-13-27(35)36/h4-9,11-12,16,21,25,32,34H,10,13-15,17-19H2,1-3H3,(H,35,36)/t25-/m1/s1. The van der Waals surface area contributed by atoms with E-state index in [4.69, 9.17) is 16.7 Å². The number of thiophene rings is 1. The summed E-state index contributed by atoms with van der Waals surface area (Å²) < 4.78 is 27.9. The maximum absolute atomic E-state index is 13.3. The molecule has 10 heteroatoms. The monoisotopic (exact) mass is 604 g/mol. The number of likely N-dealkylation sites (N-methyl/N-ethyl adjacent to an activating group) is 1. The summed E-state index contributed by atoms with van der Waals surface area (Å²) in [6.07, 6.45) is 2.66. The second-order valence-corrected chi connectivity index (χ2v) is 15.0. The highest BCUT2D eigenvalue weighted by atomic mass is 35.5. The van der Waals surface area contributed by atoms with E-state index < -0.39 is 22.1 Å². The van der Waals surface area contributed by atoms with Crippen LogP contribution in [0.25, 0.3) is 10.4 Å². The van der Waals surface area contributed by atoms with Crippen LogP contribution in [0.5, 0.6) is 0 Å². The number of β-amino-alcohol motifs (C(OH)–C–C–N with tert-alkyl or cyclic N) is 1. The first kappa shape index (κ1) is 30.7. The van der Waals surface area contributed by atoms with Gasteiger partial charge in [-0.25, -0.2) is 8.42 Å². The van der Waals surface area contributed by atoms with Crippen LogP contribution in [-0.2, 0) is 34.1 Å². The Morgan fingerprint density at radius 1 is 1.15 bits per heavy atom. The Kier molecular flexibility index (Phi) is 9.75. The number of aliphatic hydroxyl groups excluding tert-OH is 1. The first-order chi connectivity index (χ1) is 18.8. The van der Waals surface area contributed by atoms with Crippen molar-refractivity contribution in [1.82, 2.24) is 9.62 Å². The summed E-state index contributed by atoms with van der Waals surface area (Å²) in [5, 5.41) is 23.3. The minimum absolute atomic E-state index is 0.0437. The molecule has 216 valence electrons. The molecule has 40 heavy (non-hydrogen) atoms. The molecule has 1 heterocycles. The summed E-state index contributed by atoms with van der Waals surface area (Å²) >= 11 is 7.50. The predicted octanol–water partition coefficient (Wildman–Crippen LogP) is 5.24.